The fourth-order valence-corrected chi connectivity index (χ4v) is 1.76. The number of hydrogen-bond acceptors (Lipinski definition) is 5. The summed E-state index contributed by atoms with van der Waals surface area (Å²) >= 11 is 0. The van der Waals surface area contributed by atoms with Crippen molar-refractivity contribution >= 4 is 23.0 Å². The van der Waals surface area contributed by atoms with E-state index in [0.717, 1.165) is 11.6 Å². The Morgan fingerprint density at radius 2 is 2.15 bits per heavy atom. The Bertz CT molecular complexity index is 740. The van der Waals surface area contributed by atoms with Crippen LogP contribution < -0.4 is 5.43 Å². The molecular formula is C15H14O5. The van der Waals surface area contributed by atoms with Gasteiger partial charge in [0.15, 0.2) is 5.43 Å². The smallest absolute Gasteiger partial charge is 0.373 e. The molecule has 1 aromatic heterocycles. The fourth-order valence-electron chi connectivity index (χ4n) is 1.76. The SMILES string of the molecule is CCOC(=O)C(O)=Cc1cc(=O)c2cc(C)ccc2o1. The van der Waals surface area contributed by atoms with Crippen LogP contribution >= 0.6 is 0 Å². The third kappa shape index (κ3) is 2.88. The first-order valence-corrected chi connectivity index (χ1v) is 6.13. The minimum Gasteiger partial charge on any atom is -0.502 e. The summed E-state index contributed by atoms with van der Waals surface area (Å²) in [4.78, 5) is 23.2. The Labute approximate surface area is 115 Å². The molecule has 0 saturated heterocycles. The highest BCUT2D eigenvalue weighted by Crippen LogP contribution is 2.15. The maximum atomic E-state index is 11.9. The summed E-state index contributed by atoms with van der Waals surface area (Å²) in [5.41, 5.74) is 1.10. The van der Waals surface area contributed by atoms with Crippen molar-refractivity contribution in [3.05, 3.63) is 51.6 Å². The van der Waals surface area contributed by atoms with Gasteiger partial charge in [0.05, 0.1) is 12.0 Å². The van der Waals surface area contributed by atoms with E-state index in [0.29, 0.717) is 11.0 Å². The number of benzene rings is 1. The number of ether oxygens (including phenoxy) is 1. The molecule has 1 N–H and O–H groups in total. The molecule has 0 unspecified atom stereocenters. The van der Waals surface area contributed by atoms with Crippen LogP contribution in [0.2, 0.25) is 0 Å². The van der Waals surface area contributed by atoms with E-state index in [2.05, 4.69) is 4.74 Å². The van der Waals surface area contributed by atoms with Gasteiger partial charge in [-0.2, -0.15) is 0 Å². The van der Waals surface area contributed by atoms with E-state index in [4.69, 9.17) is 4.42 Å². The first kappa shape index (κ1) is 13.9. The van der Waals surface area contributed by atoms with Crippen LogP contribution in [0.4, 0.5) is 0 Å². The van der Waals surface area contributed by atoms with Crippen molar-refractivity contribution in [2.45, 2.75) is 13.8 Å². The molecule has 0 bridgehead atoms. The van der Waals surface area contributed by atoms with E-state index in [9.17, 15) is 14.7 Å². The number of rotatable bonds is 3. The lowest BCUT2D eigenvalue weighted by Crippen LogP contribution is -2.07. The second kappa shape index (κ2) is 5.61. The second-order valence-corrected chi connectivity index (χ2v) is 4.26. The number of carbonyl (C=O) groups is 1. The lowest BCUT2D eigenvalue weighted by atomic mass is 10.1. The highest BCUT2D eigenvalue weighted by atomic mass is 16.5. The average molecular weight is 274 g/mol. The highest BCUT2D eigenvalue weighted by molar-refractivity contribution is 5.90. The molecule has 0 fully saturated rings. The molecule has 5 nitrogen and oxygen atoms in total. The number of aliphatic hydroxyl groups is 1. The molecule has 0 saturated carbocycles. The topological polar surface area (TPSA) is 76.7 Å². The molecule has 2 rings (SSSR count). The van der Waals surface area contributed by atoms with Crippen molar-refractivity contribution in [3.8, 4) is 0 Å². The van der Waals surface area contributed by atoms with Crippen molar-refractivity contribution in [2.24, 2.45) is 0 Å². The quantitative estimate of drug-likeness (QED) is 0.529. The molecule has 1 heterocycles. The lowest BCUT2D eigenvalue weighted by molar-refractivity contribution is -0.141. The zero-order chi connectivity index (χ0) is 14.7. The summed E-state index contributed by atoms with van der Waals surface area (Å²) in [7, 11) is 0. The molecule has 5 heteroatoms. The zero-order valence-corrected chi connectivity index (χ0v) is 11.2. The highest BCUT2D eigenvalue weighted by Gasteiger charge is 2.10. The predicted molar refractivity (Wildman–Crippen MR) is 74.5 cm³/mol. The van der Waals surface area contributed by atoms with Crippen molar-refractivity contribution < 1.29 is 19.1 Å². The van der Waals surface area contributed by atoms with Crippen LogP contribution in [0, 0.1) is 6.92 Å². The van der Waals surface area contributed by atoms with Gasteiger partial charge in [0, 0.05) is 12.1 Å². The van der Waals surface area contributed by atoms with Crippen LogP contribution in [0.3, 0.4) is 0 Å². The van der Waals surface area contributed by atoms with Gasteiger partial charge in [-0.15, -0.1) is 0 Å². The Kier molecular flexibility index (Phi) is 3.89. The van der Waals surface area contributed by atoms with Gasteiger partial charge in [0.2, 0.25) is 5.76 Å². The number of esters is 1. The molecule has 0 aliphatic heterocycles. The third-order valence-corrected chi connectivity index (χ3v) is 2.67. The van der Waals surface area contributed by atoms with Gasteiger partial charge >= 0.3 is 5.97 Å². The maximum Gasteiger partial charge on any atom is 0.373 e. The number of hydrogen-bond donors (Lipinski definition) is 1. The van der Waals surface area contributed by atoms with Crippen molar-refractivity contribution in [1.82, 2.24) is 0 Å². The standard InChI is InChI=1S/C15H14O5/c1-3-19-15(18)13(17)8-10-7-12(16)11-6-9(2)4-5-14(11)20-10/h4-8,17H,3H2,1-2H3. The van der Waals surface area contributed by atoms with Crippen molar-refractivity contribution in [2.75, 3.05) is 6.61 Å². The largest absolute Gasteiger partial charge is 0.502 e. The van der Waals surface area contributed by atoms with Crippen LogP contribution in [0.5, 0.6) is 0 Å². The first-order chi connectivity index (χ1) is 9.51. The zero-order valence-electron chi connectivity index (χ0n) is 11.2. The van der Waals surface area contributed by atoms with Crippen LogP contribution in [-0.2, 0) is 9.53 Å². The van der Waals surface area contributed by atoms with Gasteiger partial charge in [0.25, 0.3) is 0 Å². The molecule has 104 valence electrons. The molecular weight excluding hydrogens is 260 g/mol. The molecule has 0 aliphatic rings. The van der Waals surface area contributed by atoms with E-state index in [1.165, 1.54) is 6.07 Å². The van der Waals surface area contributed by atoms with Crippen LogP contribution in [0.1, 0.15) is 18.2 Å². The van der Waals surface area contributed by atoms with E-state index in [-0.39, 0.29) is 17.8 Å². The molecule has 0 spiro atoms. The van der Waals surface area contributed by atoms with Gasteiger partial charge in [-0.05, 0) is 26.0 Å². The van der Waals surface area contributed by atoms with E-state index in [1.54, 1.807) is 19.1 Å². The molecule has 2 aromatic rings. The number of aliphatic hydroxyl groups excluding tert-OH is 1. The number of aryl methyl sites for hydroxylation is 1. The lowest BCUT2D eigenvalue weighted by Gasteiger charge is -2.02. The summed E-state index contributed by atoms with van der Waals surface area (Å²) in [6.07, 6.45) is 1.07. The summed E-state index contributed by atoms with van der Waals surface area (Å²) < 4.78 is 10.1. The minimum absolute atomic E-state index is 0.0944. The molecule has 1 aromatic carbocycles. The van der Waals surface area contributed by atoms with E-state index >= 15 is 0 Å². The average Bonchev–Trinajstić information content (AvgIpc) is 2.40. The Morgan fingerprint density at radius 1 is 1.40 bits per heavy atom. The summed E-state index contributed by atoms with van der Waals surface area (Å²) in [5.74, 6) is -1.38. The summed E-state index contributed by atoms with van der Waals surface area (Å²) in [5, 5.41) is 9.99. The number of fused-ring (bicyclic) bond motifs is 1. The normalized spacial score (nSPS) is 11.6. The second-order valence-electron chi connectivity index (χ2n) is 4.26. The van der Waals surface area contributed by atoms with Crippen molar-refractivity contribution in [1.29, 1.82) is 0 Å². The molecule has 0 radical (unpaired) electrons. The predicted octanol–water partition coefficient (Wildman–Crippen LogP) is 2.56. The summed E-state index contributed by atoms with van der Waals surface area (Å²) in [6.45, 7) is 3.65. The van der Waals surface area contributed by atoms with Crippen molar-refractivity contribution in [3.63, 3.8) is 0 Å². The van der Waals surface area contributed by atoms with Gasteiger partial charge in [-0.25, -0.2) is 4.79 Å². The Morgan fingerprint density at radius 3 is 2.85 bits per heavy atom. The van der Waals surface area contributed by atoms with Gasteiger partial charge < -0.3 is 14.3 Å². The molecule has 0 aliphatic carbocycles. The molecule has 0 atom stereocenters. The van der Waals surface area contributed by atoms with E-state index in [1.807, 2.05) is 13.0 Å². The minimum atomic E-state index is -0.862. The van der Waals surface area contributed by atoms with Gasteiger partial charge in [0.1, 0.15) is 11.3 Å². The van der Waals surface area contributed by atoms with Gasteiger partial charge in [-0.3, -0.25) is 4.79 Å². The van der Waals surface area contributed by atoms with Gasteiger partial charge in [-0.1, -0.05) is 11.6 Å². The Hall–Kier alpha value is -2.56. The van der Waals surface area contributed by atoms with Crippen LogP contribution in [-0.4, -0.2) is 17.7 Å². The monoisotopic (exact) mass is 274 g/mol. The van der Waals surface area contributed by atoms with Crippen LogP contribution in [0.15, 0.2) is 39.2 Å². The van der Waals surface area contributed by atoms with E-state index < -0.39 is 11.7 Å². The Balaban J connectivity index is 2.47. The maximum absolute atomic E-state index is 11.9. The fraction of sp³-hybridized carbons (Fsp3) is 0.200. The first-order valence-electron chi connectivity index (χ1n) is 6.13. The molecule has 20 heavy (non-hydrogen) atoms. The number of carbonyl (C=O) groups excluding carboxylic acids is 1. The van der Waals surface area contributed by atoms with Crippen LogP contribution in [0.25, 0.3) is 17.0 Å². The molecule has 0 amide bonds. The summed E-state index contributed by atoms with van der Waals surface area (Å²) in [6, 6.07) is 6.42. The third-order valence-electron chi connectivity index (χ3n) is 2.67.